The highest BCUT2D eigenvalue weighted by Crippen LogP contribution is 2.04. The smallest absolute Gasteiger partial charge is 0.339 e. The molecule has 0 saturated heterocycles. The van der Waals surface area contributed by atoms with Crippen molar-refractivity contribution in [3.05, 3.63) is 30.1 Å². The Hall–Kier alpha value is -1.46. The van der Waals surface area contributed by atoms with Crippen molar-refractivity contribution in [1.29, 1.82) is 0 Å². The second-order valence-corrected chi connectivity index (χ2v) is 4.72. The van der Waals surface area contributed by atoms with E-state index < -0.39 is 12.3 Å². The molecule has 0 radical (unpaired) electrons. The van der Waals surface area contributed by atoms with Crippen molar-refractivity contribution in [3.8, 4) is 0 Å². The van der Waals surface area contributed by atoms with Gasteiger partial charge in [0.25, 0.3) is 0 Å². The van der Waals surface area contributed by atoms with E-state index in [-0.39, 0.29) is 6.61 Å². The van der Waals surface area contributed by atoms with Crippen LogP contribution in [0.3, 0.4) is 0 Å². The van der Waals surface area contributed by atoms with Crippen LogP contribution in [0.5, 0.6) is 0 Å². The van der Waals surface area contributed by atoms with Crippen molar-refractivity contribution in [1.82, 2.24) is 4.98 Å². The first kappa shape index (κ1) is 17.6. The normalized spacial score (nSPS) is 10.8. The fraction of sp³-hybridized carbons (Fsp3) is 0.625. The Labute approximate surface area is 126 Å². The van der Waals surface area contributed by atoms with Gasteiger partial charge in [0, 0.05) is 25.6 Å². The van der Waals surface area contributed by atoms with Crippen LogP contribution in [-0.4, -0.2) is 37.1 Å². The van der Waals surface area contributed by atoms with Crippen LogP contribution in [0.25, 0.3) is 0 Å². The summed E-state index contributed by atoms with van der Waals surface area (Å²) in [6.45, 7) is 5.51. The first-order valence-electron chi connectivity index (χ1n) is 7.58. The molecule has 1 aromatic heterocycles. The van der Waals surface area contributed by atoms with E-state index in [2.05, 4.69) is 18.8 Å². The second kappa shape index (κ2) is 11.2. The molecule has 0 atom stereocenters. The quantitative estimate of drug-likeness (QED) is 0.356. The summed E-state index contributed by atoms with van der Waals surface area (Å²) in [5, 5.41) is 0. The Bertz CT molecular complexity index is 373. The lowest BCUT2D eigenvalue weighted by atomic mass is 10.3. The van der Waals surface area contributed by atoms with Gasteiger partial charge in [0.1, 0.15) is 6.61 Å². The lowest BCUT2D eigenvalue weighted by Crippen LogP contribution is -2.26. The Morgan fingerprint density at radius 2 is 1.86 bits per heavy atom. The Morgan fingerprint density at radius 3 is 2.38 bits per heavy atom. The molecule has 0 aliphatic rings. The van der Waals surface area contributed by atoms with Gasteiger partial charge in [-0.15, -0.1) is 0 Å². The van der Waals surface area contributed by atoms with Gasteiger partial charge in [-0.3, -0.25) is 4.98 Å². The highest BCUT2D eigenvalue weighted by atomic mass is 16.7. The molecule has 0 amide bonds. The number of hydrogen-bond acceptors (Lipinski definition) is 5. The predicted octanol–water partition coefficient (Wildman–Crippen LogP) is 3.20. The molecule has 0 bridgehead atoms. The largest absolute Gasteiger partial charge is 0.457 e. The summed E-state index contributed by atoms with van der Waals surface area (Å²) in [5.41, 5.74) is 0.429. The number of nitrogens with zero attached hydrogens (tertiary/aromatic N) is 1. The molecule has 5 heteroatoms. The van der Waals surface area contributed by atoms with Gasteiger partial charge >= 0.3 is 5.97 Å². The van der Waals surface area contributed by atoms with Gasteiger partial charge < -0.3 is 14.2 Å². The van der Waals surface area contributed by atoms with Crippen LogP contribution in [0.15, 0.2) is 24.5 Å². The summed E-state index contributed by atoms with van der Waals surface area (Å²) in [7, 11) is 0. The molecule has 1 rings (SSSR count). The summed E-state index contributed by atoms with van der Waals surface area (Å²) >= 11 is 0. The van der Waals surface area contributed by atoms with E-state index in [0.29, 0.717) is 18.8 Å². The number of esters is 1. The molecule has 0 saturated carbocycles. The molecule has 0 unspecified atom stereocenters. The van der Waals surface area contributed by atoms with Crippen molar-refractivity contribution in [2.45, 2.75) is 45.8 Å². The third-order valence-electron chi connectivity index (χ3n) is 2.85. The molecule has 0 N–H and O–H groups in total. The average Bonchev–Trinajstić information content (AvgIpc) is 2.53. The van der Waals surface area contributed by atoms with Crippen LogP contribution in [0.2, 0.25) is 0 Å². The maximum atomic E-state index is 11.8. The summed E-state index contributed by atoms with van der Waals surface area (Å²) < 4.78 is 16.4. The third-order valence-corrected chi connectivity index (χ3v) is 2.85. The lowest BCUT2D eigenvalue weighted by molar-refractivity contribution is -0.164. The van der Waals surface area contributed by atoms with Crippen LogP contribution >= 0.6 is 0 Å². The van der Waals surface area contributed by atoms with E-state index in [1.54, 1.807) is 18.3 Å². The van der Waals surface area contributed by atoms with Crippen molar-refractivity contribution >= 4 is 5.97 Å². The van der Waals surface area contributed by atoms with E-state index in [4.69, 9.17) is 14.2 Å². The molecule has 1 heterocycles. The Kier molecular flexibility index (Phi) is 9.40. The van der Waals surface area contributed by atoms with Crippen molar-refractivity contribution < 1.29 is 19.0 Å². The van der Waals surface area contributed by atoms with E-state index in [1.165, 1.54) is 6.20 Å². The molecule has 0 fully saturated rings. The third kappa shape index (κ3) is 7.78. The SMILES string of the molecule is CCCCOC(COC(=O)c1cccnc1)OCCCC. The lowest BCUT2D eigenvalue weighted by Gasteiger charge is -2.18. The number of ether oxygens (including phenoxy) is 3. The first-order chi connectivity index (χ1) is 10.3. The van der Waals surface area contributed by atoms with Crippen LogP contribution in [0, 0.1) is 0 Å². The van der Waals surface area contributed by atoms with Crippen LogP contribution in [0.4, 0.5) is 0 Å². The van der Waals surface area contributed by atoms with Crippen LogP contribution in [-0.2, 0) is 14.2 Å². The fourth-order valence-corrected chi connectivity index (χ4v) is 1.57. The molecule has 21 heavy (non-hydrogen) atoms. The van der Waals surface area contributed by atoms with Gasteiger partial charge in [-0.05, 0) is 25.0 Å². The standard InChI is InChI=1S/C16H25NO4/c1-3-5-10-19-15(20-11-6-4-2)13-21-16(18)14-8-7-9-17-12-14/h7-9,12,15H,3-6,10-11,13H2,1-2H3. The highest BCUT2D eigenvalue weighted by molar-refractivity contribution is 5.88. The van der Waals surface area contributed by atoms with E-state index in [9.17, 15) is 4.79 Å². The fourth-order valence-electron chi connectivity index (χ4n) is 1.57. The Balaban J connectivity index is 2.37. The zero-order chi connectivity index (χ0) is 15.3. The minimum Gasteiger partial charge on any atom is -0.457 e. The molecule has 1 aromatic rings. The van der Waals surface area contributed by atoms with Gasteiger partial charge in [0.15, 0.2) is 6.29 Å². The van der Waals surface area contributed by atoms with Crippen LogP contribution < -0.4 is 0 Å². The first-order valence-corrected chi connectivity index (χ1v) is 7.58. The molecule has 0 spiro atoms. The van der Waals surface area contributed by atoms with Gasteiger partial charge in [0.2, 0.25) is 0 Å². The number of aromatic nitrogens is 1. The molecular formula is C16H25NO4. The monoisotopic (exact) mass is 295 g/mol. The summed E-state index contributed by atoms with van der Waals surface area (Å²) in [4.78, 5) is 15.7. The van der Waals surface area contributed by atoms with Crippen molar-refractivity contribution in [2.24, 2.45) is 0 Å². The molecule has 5 nitrogen and oxygen atoms in total. The van der Waals surface area contributed by atoms with Crippen LogP contribution in [0.1, 0.15) is 49.9 Å². The Morgan fingerprint density at radius 1 is 1.19 bits per heavy atom. The number of carbonyl (C=O) groups excluding carboxylic acids is 1. The number of pyridine rings is 1. The maximum absolute atomic E-state index is 11.8. The van der Waals surface area contributed by atoms with Crippen molar-refractivity contribution in [2.75, 3.05) is 19.8 Å². The summed E-state index contributed by atoms with van der Waals surface area (Å²) in [6, 6.07) is 3.36. The minimum absolute atomic E-state index is 0.0984. The topological polar surface area (TPSA) is 57.7 Å². The predicted molar refractivity (Wildman–Crippen MR) is 80.0 cm³/mol. The molecule has 118 valence electrons. The number of carbonyl (C=O) groups is 1. The van der Waals surface area contributed by atoms with E-state index in [1.807, 2.05) is 0 Å². The van der Waals surface area contributed by atoms with Gasteiger partial charge in [-0.25, -0.2) is 4.79 Å². The van der Waals surface area contributed by atoms with E-state index in [0.717, 1.165) is 25.7 Å². The van der Waals surface area contributed by atoms with Gasteiger partial charge in [-0.1, -0.05) is 26.7 Å². The van der Waals surface area contributed by atoms with E-state index >= 15 is 0 Å². The minimum atomic E-state index is -0.497. The zero-order valence-electron chi connectivity index (χ0n) is 12.9. The zero-order valence-corrected chi connectivity index (χ0v) is 12.9. The van der Waals surface area contributed by atoms with Gasteiger partial charge in [-0.2, -0.15) is 0 Å². The molecule has 0 aromatic carbocycles. The highest BCUT2D eigenvalue weighted by Gasteiger charge is 2.14. The van der Waals surface area contributed by atoms with Gasteiger partial charge in [0.05, 0.1) is 5.56 Å². The number of rotatable bonds is 11. The van der Waals surface area contributed by atoms with Crippen molar-refractivity contribution in [3.63, 3.8) is 0 Å². The molecule has 0 aliphatic heterocycles. The maximum Gasteiger partial charge on any atom is 0.339 e. The molecule has 0 aliphatic carbocycles. The summed E-state index contributed by atoms with van der Waals surface area (Å²) in [5.74, 6) is -0.411. The molecular weight excluding hydrogens is 270 g/mol. The number of hydrogen-bond donors (Lipinski definition) is 0. The summed E-state index contributed by atoms with van der Waals surface area (Å²) in [6.07, 6.45) is 6.63. The number of unbranched alkanes of at least 4 members (excludes halogenated alkanes) is 2. The average molecular weight is 295 g/mol. The second-order valence-electron chi connectivity index (χ2n) is 4.72.